The van der Waals surface area contributed by atoms with Gasteiger partial charge in [0.15, 0.2) is 16.6 Å². The van der Waals surface area contributed by atoms with Crippen LogP contribution in [0.1, 0.15) is 5.76 Å². The number of rotatable bonds is 4. The van der Waals surface area contributed by atoms with Crippen LogP contribution in [0.2, 0.25) is 0 Å². The number of nitrogens with one attached hydrogen (secondary N) is 1. The molecule has 1 N–H and O–H groups in total. The van der Waals surface area contributed by atoms with E-state index in [9.17, 15) is 0 Å². The molecule has 0 spiro atoms. The van der Waals surface area contributed by atoms with E-state index in [2.05, 4.69) is 15.1 Å². The maximum absolute atomic E-state index is 5.39. The molecule has 0 aliphatic carbocycles. The molecule has 0 aromatic carbocycles. The molecule has 24 heavy (non-hydrogen) atoms. The minimum atomic E-state index is 0.550. The summed E-state index contributed by atoms with van der Waals surface area (Å²) in [5.41, 5.74) is 2.66. The number of H-pyrrole nitrogens is 1. The van der Waals surface area contributed by atoms with E-state index in [1.165, 1.54) is 0 Å². The third-order valence-electron chi connectivity index (χ3n) is 3.78. The summed E-state index contributed by atoms with van der Waals surface area (Å²) in [4.78, 5) is 12.4. The fraction of sp³-hybridized carbons (Fsp3) is 0.0625. The van der Waals surface area contributed by atoms with Crippen molar-refractivity contribution in [3.05, 3.63) is 60.3 Å². The maximum atomic E-state index is 5.39. The predicted molar refractivity (Wildman–Crippen MR) is 90.1 cm³/mol. The van der Waals surface area contributed by atoms with Gasteiger partial charge in [0.1, 0.15) is 17.8 Å². The molecule has 0 saturated carbocycles. The quantitative estimate of drug-likeness (QED) is 0.546. The van der Waals surface area contributed by atoms with Crippen LogP contribution in [0.4, 0.5) is 0 Å². The molecule has 0 aliphatic heterocycles. The zero-order valence-corrected chi connectivity index (χ0v) is 13.3. The van der Waals surface area contributed by atoms with Crippen molar-refractivity contribution in [3.8, 4) is 16.6 Å². The Balaban J connectivity index is 1.57. The van der Waals surface area contributed by atoms with Crippen LogP contribution in [-0.4, -0.2) is 29.3 Å². The molecule has 5 rings (SSSR count). The van der Waals surface area contributed by atoms with Crippen LogP contribution in [0.15, 0.2) is 58.9 Å². The SMILES string of the molecule is c1coc(Cn2ncc3[nH]c(-c4cccn4-c4nccs4)nc32)c1. The molecule has 0 atom stereocenters. The maximum Gasteiger partial charge on any atom is 0.194 e. The molecule has 0 aliphatic rings. The first kappa shape index (κ1) is 13.3. The van der Waals surface area contributed by atoms with Crippen LogP contribution >= 0.6 is 11.3 Å². The van der Waals surface area contributed by atoms with Gasteiger partial charge >= 0.3 is 0 Å². The summed E-state index contributed by atoms with van der Waals surface area (Å²) in [5.74, 6) is 1.63. The molecule has 0 bridgehead atoms. The third-order valence-corrected chi connectivity index (χ3v) is 4.56. The Labute approximate surface area is 140 Å². The zero-order chi connectivity index (χ0) is 15.9. The first-order valence-corrected chi connectivity index (χ1v) is 8.28. The second kappa shape index (κ2) is 5.20. The summed E-state index contributed by atoms with van der Waals surface area (Å²) >= 11 is 1.58. The number of imidazole rings is 1. The lowest BCUT2D eigenvalue weighted by atomic mass is 10.4. The van der Waals surface area contributed by atoms with E-state index in [0.717, 1.165) is 33.6 Å². The molecule has 7 nitrogen and oxygen atoms in total. The minimum absolute atomic E-state index is 0.550. The number of hydrogen-bond donors (Lipinski definition) is 1. The lowest BCUT2D eigenvalue weighted by molar-refractivity contribution is 0.483. The van der Waals surface area contributed by atoms with Crippen LogP contribution < -0.4 is 0 Å². The van der Waals surface area contributed by atoms with Gasteiger partial charge in [-0.3, -0.25) is 4.57 Å². The van der Waals surface area contributed by atoms with Crippen molar-refractivity contribution >= 4 is 22.5 Å². The number of fused-ring (bicyclic) bond motifs is 1. The highest BCUT2D eigenvalue weighted by Crippen LogP contribution is 2.25. The molecular weight excluding hydrogens is 324 g/mol. The summed E-state index contributed by atoms with van der Waals surface area (Å²) < 4.78 is 9.24. The lowest BCUT2D eigenvalue weighted by Crippen LogP contribution is -2.01. The second-order valence-corrected chi connectivity index (χ2v) is 6.16. The molecule has 0 amide bonds. The Morgan fingerprint density at radius 1 is 1.25 bits per heavy atom. The highest BCUT2D eigenvalue weighted by atomic mass is 32.1. The van der Waals surface area contributed by atoms with Gasteiger partial charge < -0.3 is 9.40 Å². The standard InChI is InChI=1S/C16H12N6OS/c1-4-13(21(6-1)16-17-5-8-24-16)14-19-12-9-18-22(15(12)20-14)10-11-3-2-7-23-11/h1-9H,10H2,(H,19,20). The Hall–Kier alpha value is -3.13. The van der Waals surface area contributed by atoms with Crippen LogP contribution in [-0.2, 0) is 6.54 Å². The first-order valence-electron chi connectivity index (χ1n) is 7.40. The average Bonchev–Trinajstić information content (AvgIpc) is 3.39. The number of aromatic nitrogens is 6. The largest absolute Gasteiger partial charge is 0.467 e. The normalized spacial score (nSPS) is 11.5. The van der Waals surface area contributed by atoms with E-state index >= 15 is 0 Å². The van der Waals surface area contributed by atoms with Gasteiger partial charge in [0, 0.05) is 17.8 Å². The van der Waals surface area contributed by atoms with Crippen molar-refractivity contribution in [2.24, 2.45) is 0 Å². The van der Waals surface area contributed by atoms with Gasteiger partial charge in [-0.25, -0.2) is 14.6 Å². The smallest absolute Gasteiger partial charge is 0.194 e. The lowest BCUT2D eigenvalue weighted by Gasteiger charge is -2.02. The Morgan fingerprint density at radius 2 is 2.25 bits per heavy atom. The van der Waals surface area contributed by atoms with E-state index in [0.29, 0.717) is 6.54 Å². The molecule has 5 aromatic rings. The molecule has 5 heterocycles. The first-order chi connectivity index (χ1) is 11.9. The summed E-state index contributed by atoms with van der Waals surface area (Å²) in [6, 6.07) is 7.80. The number of thiazole rings is 1. The van der Waals surface area contributed by atoms with Gasteiger partial charge in [0.05, 0.1) is 18.2 Å². The van der Waals surface area contributed by atoms with Crippen LogP contribution in [0.25, 0.3) is 27.8 Å². The van der Waals surface area contributed by atoms with Gasteiger partial charge in [-0.05, 0) is 24.3 Å². The van der Waals surface area contributed by atoms with Crippen LogP contribution in [0, 0.1) is 0 Å². The van der Waals surface area contributed by atoms with Crippen LogP contribution in [0.3, 0.4) is 0 Å². The summed E-state index contributed by atoms with van der Waals surface area (Å²) in [6.45, 7) is 0.550. The van der Waals surface area contributed by atoms with Crippen LogP contribution in [0.5, 0.6) is 0 Å². The van der Waals surface area contributed by atoms with Crippen molar-refractivity contribution in [1.29, 1.82) is 0 Å². The fourth-order valence-corrected chi connectivity index (χ4v) is 3.35. The summed E-state index contributed by atoms with van der Waals surface area (Å²) in [6.07, 6.45) is 7.22. The van der Waals surface area contributed by atoms with Crippen molar-refractivity contribution in [2.75, 3.05) is 0 Å². The Kier molecular flexibility index (Phi) is 2.89. The van der Waals surface area contributed by atoms with Crippen molar-refractivity contribution in [2.45, 2.75) is 6.54 Å². The zero-order valence-electron chi connectivity index (χ0n) is 12.5. The second-order valence-electron chi connectivity index (χ2n) is 5.28. The van der Waals surface area contributed by atoms with E-state index < -0.39 is 0 Å². The van der Waals surface area contributed by atoms with Gasteiger partial charge in [0.25, 0.3) is 0 Å². The topological polar surface area (TPSA) is 77.5 Å². The molecule has 5 aromatic heterocycles. The number of hydrogen-bond acceptors (Lipinski definition) is 5. The Bertz CT molecular complexity index is 1080. The fourth-order valence-electron chi connectivity index (χ4n) is 2.71. The summed E-state index contributed by atoms with van der Waals surface area (Å²) in [7, 11) is 0. The van der Waals surface area contributed by atoms with Gasteiger partial charge in [-0.15, -0.1) is 11.3 Å². The number of furan rings is 1. The molecular formula is C16H12N6OS. The van der Waals surface area contributed by atoms with Crippen molar-refractivity contribution in [3.63, 3.8) is 0 Å². The van der Waals surface area contributed by atoms with Gasteiger partial charge in [0.2, 0.25) is 0 Å². The molecule has 118 valence electrons. The summed E-state index contributed by atoms with van der Waals surface area (Å²) in [5, 5.41) is 7.24. The number of aromatic amines is 1. The van der Waals surface area contributed by atoms with E-state index in [4.69, 9.17) is 9.40 Å². The van der Waals surface area contributed by atoms with Gasteiger partial charge in [-0.1, -0.05) is 0 Å². The average molecular weight is 336 g/mol. The van der Waals surface area contributed by atoms with Crippen molar-refractivity contribution < 1.29 is 4.42 Å². The third kappa shape index (κ3) is 2.08. The predicted octanol–water partition coefficient (Wildman–Crippen LogP) is 3.31. The number of nitrogens with zero attached hydrogens (tertiary/aromatic N) is 5. The molecule has 0 unspecified atom stereocenters. The van der Waals surface area contributed by atoms with Crippen molar-refractivity contribution in [1.82, 2.24) is 29.3 Å². The van der Waals surface area contributed by atoms with E-state index in [1.54, 1.807) is 30.0 Å². The monoisotopic (exact) mass is 336 g/mol. The van der Waals surface area contributed by atoms with E-state index in [-0.39, 0.29) is 0 Å². The highest BCUT2D eigenvalue weighted by Gasteiger charge is 2.15. The molecule has 8 heteroatoms. The molecule has 0 radical (unpaired) electrons. The minimum Gasteiger partial charge on any atom is -0.467 e. The molecule has 0 saturated heterocycles. The highest BCUT2D eigenvalue weighted by molar-refractivity contribution is 7.12. The molecule has 0 fully saturated rings. The van der Waals surface area contributed by atoms with E-state index in [1.807, 2.05) is 45.1 Å². The van der Waals surface area contributed by atoms with Gasteiger partial charge in [-0.2, -0.15) is 5.10 Å². The Morgan fingerprint density at radius 3 is 3.08 bits per heavy atom.